The van der Waals surface area contributed by atoms with Gasteiger partial charge in [-0.3, -0.25) is 0 Å². The molecule has 3 heterocycles. The summed E-state index contributed by atoms with van der Waals surface area (Å²) < 4.78 is 8.95. The Kier molecular flexibility index (Phi) is 8.85. The molecular formula is C52H37N3OS. The minimum atomic E-state index is -0.0885. The third-order valence-corrected chi connectivity index (χ3v) is 12.1. The van der Waals surface area contributed by atoms with Crippen LogP contribution in [0.1, 0.15) is 18.1 Å². The van der Waals surface area contributed by atoms with Crippen LogP contribution in [0.15, 0.2) is 200 Å². The first kappa shape index (κ1) is 34.5. The van der Waals surface area contributed by atoms with Gasteiger partial charge in [-0.15, -0.1) is 11.3 Å². The van der Waals surface area contributed by atoms with Crippen molar-refractivity contribution >= 4 is 42.7 Å². The molecular weight excluding hydrogens is 715 g/mol. The van der Waals surface area contributed by atoms with Gasteiger partial charge in [-0.05, 0) is 70.2 Å². The quantitative estimate of drug-likeness (QED) is 0.145. The summed E-state index contributed by atoms with van der Waals surface area (Å²) in [6.45, 7) is 6.05. The van der Waals surface area contributed by atoms with Gasteiger partial charge in [0.15, 0.2) is 17.5 Å². The zero-order valence-electron chi connectivity index (χ0n) is 31.3. The van der Waals surface area contributed by atoms with Crippen molar-refractivity contribution < 1.29 is 4.74 Å². The van der Waals surface area contributed by atoms with Gasteiger partial charge < -0.3 is 4.74 Å². The minimum Gasteiger partial charge on any atom is -0.485 e. The van der Waals surface area contributed by atoms with Gasteiger partial charge in [-0.2, -0.15) is 0 Å². The lowest BCUT2D eigenvalue weighted by Crippen LogP contribution is -2.21. The fraction of sp³-hybridized carbons (Fsp3) is 0.0577. The summed E-state index contributed by atoms with van der Waals surface area (Å²) >= 11 is 1.79. The van der Waals surface area contributed by atoms with E-state index in [4.69, 9.17) is 19.7 Å². The fourth-order valence-electron chi connectivity index (χ4n) is 8.17. The van der Waals surface area contributed by atoms with Gasteiger partial charge >= 0.3 is 0 Å². The van der Waals surface area contributed by atoms with Crippen molar-refractivity contribution in [3.05, 3.63) is 211 Å². The first-order valence-electron chi connectivity index (χ1n) is 19.2. The molecule has 0 spiro atoms. The number of hydrogen-bond acceptors (Lipinski definition) is 5. The minimum absolute atomic E-state index is 0.0654. The molecule has 272 valence electrons. The average molecular weight is 752 g/mol. The Balaban J connectivity index is 1.11. The van der Waals surface area contributed by atoms with E-state index in [9.17, 15) is 0 Å². The van der Waals surface area contributed by atoms with Crippen molar-refractivity contribution in [1.29, 1.82) is 0 Å². The number of ether oxygens (including phenoxy) is 1. The number of nitrogens with zero attached hydrogens (tertiary/aromatic N) is 3. The molecule has 10 rings (SSSR count). The molecule has 1 aliphatic carbocycles. The predicted octanol–water partition coefficient (Wildman–Crippen LogP) is 13.4. The standard InChI is InChI=1S/C52H37N3OS/c1-3-4-20-43-33(2)47-44(56-43)32-31-40(36-16-9-6-10-17-36)48(47)37-25-29-39(30-26-37)51-53-50(38-27-23-35(24-28-38)34-14-7-5-8-15-34)54-52(55-51)42-19-13-22-46-49(42)41-18-11-12-21-45(41)57-46/h3-32,44,47H,1H2,2H3/b20-4-. The Morgan fingerprint density at radius 2 is 1.16 bits per heavy atom. The summed E-state index contributed by atoms with van der Waals surface area (Å²) in [5, 5.41) is 2.37. The summed E-state index contributed by atoms with van der Waals surface area (Å²) in [5.74, 6) is 2.87. The normalized spacial score (nSPS) is 16.4. The average Bonchev–Trinajstić information content (AvgIpc) is 3.82. The first-order valence-corrected chi connectivity index (χ1v) is 20.0. The van der Waals surface area contributed by atoms with E-state index in [1.165, 1.54) is 48.0 Å². The third-order valence-electron chi connectivity index (χ3n) is 11.0. The second-order valence-electron chi connectivity index (χ2n) is 14.4. The van der Waals surface area contributed by atoms with Crippen LogP contribution in [-0.2, 0) is 4.74 Å². The molecule has 57 heavy (non-hydrogen) atoms. The monoisotopic (exact) mass is 751 g/mol. The molecule has 2 aromatic heterocycles. The van der Waals surface area contributed by atoms with Crippen molar-refractivity contribution in [3.8, 4) is 45.3 Å². The second-order valence-corrected chi connectivity index (χ2v) is 15.4. The Morgan fingerprint density at radius 1 is 0.579 bits per heavy atom. The molecule has 8 aromatic rings. The predicted molar refractivity (Wildman–Crippen MR) is 237 cm³/mol. The van der Waals surface area contributed by atoms with Crippen molar-refractivity contribution in [2.24, 2.45) is 5.92 Å². The molecule has 0 N–H and O–H groups in total. The molecule has 0 saturated heterocycles. The van der Waals surface area contributed by atoms with E-state index in [1.54, 1.807) is 17.4 Å². The highest BCUT2D eigenvalue weighted by Crippen LogP contribution is 2.48. The second kappa shape index (κ2) is 14.6. The summed E-state index contributed by atoms with van der Waals surface area (Å²) in [4.78, 5) is 15.6. The molecule has 1 aliphatic heterocycles. The molecule has 0 fully saturated rings. The molecule has 2 unspecified atom stereocenters. The summed E-state index contributed by atoms with van der Waals surface area (Å²) in [7, 11) is 0. The van der Waals surface area contributed by atoms with Gasteiger partial charge in [0, 0.05) is 36.9 Å². The van der Waals surface area contributed by atoms with E-state index in [0.29, 0.717) is 17.5 Å². The fourth-order valence-corrected chi connectivity index (χ4v) is 9.31. The van der Waals surface area contributed by atoms with Crippen LogP contribution in [-0.4, -0.2) is 21.1 Å². The van der Waals surface area contributed by atoms with E-state index >= 15 is 0 Å². The van der Waals surface area contributed by atoms with E-state index in [-0.39, 0.29) is 12.0 Å². The van der Waals surface area contributed by atoms with E-state index in [0.717, 1.165) is 33.6 Å². The highest BCUT2D eigenvalue weighted by atomic mass is 32.1. The van der Waals surface area contributed by atoms with Crippen LogP contribution in [0.3, 0.4) is 0 Å². The lowest BCUT2D eigenvalue weighted by molar-refractivity contribution is 0.176. The number of thiophene rings is 1. The maximum atomic E-state index is 6.50. The van der Waals surface area contributed by atoms with E-state index in [2.05, 4.69) is 171 Å². The molecule has 0 bridgehead atoms. The maximum Gasteiger partial charge on any atom is 0.164 e. The Labute approximate surface area is 336 Å². The Morgan fingerprint density at radius 3 is 1.86 bits per heavy atom. The molecule has 0 saturated carbocycles. The largest absolute Gasteiger partial charge is 0.485 e. The van der Waals surface area contributed by atoms with Gasteiger partial charge in [0.2, 0.25) is 0 Å². The zero-order valence-corrected chi connectivity index (χ0v) is 32.2. The molecule has 4 nitrogen and oxygen atoms in total. The zero-order chi connectivity index (χ0) is 38.3. The lowest BCUT2D eigenvalue weighted by Gasteiger charge is -2.28. The smallest absolute Gasteiger partial charge is 0.164 e. The maximum absolute atomic E-state index is 6.50. The van der Waals surface area contributed by atoms with Crippen LogP contribution >= 0.6 is 11.3 Å². The topological polar surface area (TPSA) is 47.9 Å². The first-order chi connectivity index (χ1) is 28.1. The Hall–Kier alpha value is -6.95. The molecule has 0 amide bonds. The number of rotatable bonds is 8. The number of benzene rings is 6. The molecule has 2 aliphatic rings. The van der Waals surface area contributed by atoms with Crippen LogP contribution in [0.25, 0.3) is 76.6 Å². The number of aromatic nitrogens is 3. The molecule has 5 heteroatoms. The summed E-state index contributed by atoms with van der Waals surface area (Å²) in [5.41, 5.74) is 11.1. The van der Waals surface area contributed by atoms with Gasteiger partial charge in [0.1, 0.15) is 11.9 Å². The highest BCUT2D eigenvalue weighted by molar-refractivity contribution is 7.25. The van der Waals surface area contributed by atoms with Crippen molar-refractivity contribution in [2.45, 2.75) is 13.0 Å². The van der Waals surface area contributed by atoms with Gasteiger partial charge in [0.05, 0.1) is 5.92 Å². The third kappa shape index (κ3) is 6.32. The van der Waals surface area contributed by atoms with Crippen LogP contribution in [0.2, 0.25) is 0 Å². The van der Waals surface area contributed by atoms with E-state index < -0.39 is 0 Å². The van der Waals surface area contributed by atoms with Crippen LogP contribution in [0.5, 0.6) is 0 Å². The van der Waals surface area contributed by atoms with Gasteiger partial charge in [-0.1, -0.05) is 164 Å². The van der Waals surface area contributed by atoms with Gasteiger partial charge in [0.25, 0.3) is 0 Å². The Bertz CT molecular complexity index is 2940. The molecule has 6 aromatic carbocycles. The van der Waals surface area contributed by atoms with Crippen LogP contribution in [0.4, 0.5) is 0 Å². The SMILES string of the molecule is C=C/C=C\C1=C(C)C2C(c3ccc(-c4nc(-c5ccc(-c6ccccc6)cc5)nc(-c5cccc6sc7ccccc7c56)n4)cc3)=C(c3ccccc3)C=CC2O1. The van der Waals surface area contributed by atoms with Crippen molar-refractivity contribution in [2.75, 3.05) is 0 Å². The van der Waals surface area contributed by atoms with Gasteiger partial charge in [-0.25, -0.2) is 15.0 Å². The number of allylic oxidation sites excluding steroid dienone is 5. The van der Waals surface area contributed by atoms with E-state index in [1.807, 2.05) is 18.2 Å². The number of hydrogen-bond donors (Lipinski definition) is 0. The molecule has 0 radical (unpaired) electrons. The summed E-state index contributed by atoms with van der Waals surface area (Å²) in [6, 6.07) is 53.2. The van der Waals surface area contributed by atoms with Crippen molar-refractivity contribution in [3.63, 3.8) is 0 Å². The molecule has 2 atom stereocenters. The van der Waals surface area contributed by atoms with Crippen molar-refractivity contribution in [1.82, 2.24) is 15.0 Å². The van der Waals surface area contributed by atoms with Crippen LogP contribution in [0, 0.1) is 5.92 Å². The summed E-state index contributed by atoms with van der Waals surface area (Å²) in [6.07, 6.45) is 10.1. The lowest BCUT2D eigenvalue weighted by atomic mass is 9.76. The van der Waals surface area contributed by atoms with Crippen LogP contribution < -0.4 is 0 Å². The highest BCUT2D eigenvalue weighted by Gasteiger charge is 2.38. The number of fused-ring (bicyclic) bond motifs is 4.